The van der Waals surface area contributed by atoms with Crippen LogP contribution in [0.1, 0.15) is 12.8 Å². The summed E-state index contributed by atoms with van der Waals surface area (Å²) in [7, 11) is -3.21. The number of hydrogen-bond donors (Lipinski definition) is 1. The number of amides is 1. The van der Waals surface area contributed by atoms with Crippen LogP contribution in [0.5, 0.6) is 0 Å². The molecule has 0 aromatic rings. The molecule has 2 N–H and O–H groups in total. The lowest BCUT2D eigenvalue weighted by Gasteiger charge is -2.15. The molecule has 0 aliphatic carbocycles. The number of carbonyl (C=O) groups is 1. The molecule has 1 aliphatic heterocycles. The molecule has 1 fully saturated rings. The Morgan fingerprint density at radius 2 is 2.20 bits per heavy atom. The van der Waals surface area contributed by atoms with Crippen molar-refractivity contribution in [1.82, 2.24) is 4.90 Å². The Morgan fingerprint density at radius 3 is 2.73 bits per heavy atom. The maximum atomic E-state index is 11.5. The van der Waals surface area contributed by atoms with Crippen LogP contribution in [0.25, 0.3) is 0 Å². The zero-order valence-electron chi connectivity index (χ0n) is 8.98. The van der Waals surface area contributed by atoms with E-state index in [4.69, 9.17) is 5.73 Å². The van der Waals surface area contributed by atoms with Crippen LogP contribution in [0.2, 0.25) is 0 Å². The molecule has 1 heterocycles. The standard InChI is InChI=1S/C9H18N2O3S/c1-15(13,14)7-9(12)11-5-3-8(6-11)2-4-10/h8H,2-7,10H2,1H3. The fraction of sp³-hybridized carbons (Fsp3) is 0.889. The molecule has 1 atom stereocenters. The minimum absolute atomic E-state index is 0.281. The molecule has 1 amide bonds. The minimum atomic E-state index is -3.21. The van der Waals surface area contributed by atoms with E-state index in [0.29, 0.717) is 25.6 Å². The number of hydrogen-bond acceptors (Lipinski definition) is 4. The van der Waals surface area contributed by atoms with Gasteiger partial charge in [-0.25, -0.2) is 8.42 Å². The third-order valence-corrected chi connectivity index (χ3v) is 3.37. The molecule has 1 unspecified atom stereocenters. The number of nitrogens with two attached hydrogens (primary N) is 1. The van der Waals surface area contributed by atoms with Crippen molar-refractivity contribution in [2.24, 2.45) is 11.7 Å². The summed E-state index contributed by atoms with van der Waals surface area (Å²) in [5.41, 5.74) is 5.43. The monoisotopic (exact) mass is 234 g/mol. The molecule has 1 aliphatic rings. The SMILES string of the molecule is CS(=O)(=O)CC(=O)N1CCC(CCN)C1. The van der Waals surface area contributed by atoms with Gasteiger partial charge in [0, 0.05) is 19.3 Å². The summed E-state index contributed by atoms with van der Waals surface area (Å²) in [5, 5.41) is 0. The number of likely N-dealkylation sites (tertiary alicyclic amines) is 1. The molecule has 0 saturated carbocycles. The van der Waals surface area contributed by atoms with E-state index in [1.165, 1.54) is 0 Å². The van der Waals surface area contributed by atoms with Gasteiger partial charge in [0.05, 0.1) is 0 Å². The molecule has 0 bridgehead atoms. The van der Waals surface area contributed by atoms with Crippen LogP contribution < -0.4 is 5.73 Å². The van der Waals surface area contributed by atoms with E-state index >= 15 is 0 Å². The van der Waals surface area contributed by atoms with Gasteiger partial charge in [-0.15, -0.1) is 0 Å². The summed E-state index contributed by atoms with van der Waals surface area (Å²) in [6, 6.07) is 0. The predicted molar refractivity (Wildman–Crippen MR) is 58.1 cm³/mol. The number of rotatable bonds is 4. The second-order valence-electron chi connectivity index (χ2n) is 4.14. The van der Waals surface area contributed by atoms with Crippen LogP contribution in [0.3, 0.4) is 0 Å². The van der Waals surface area contributed by atoms with Crippen molar-refractivity contribution in [3.8, 4) is 0 Å². The fourth-order valence-corrected chi connectivity index (χ4v) is 2.48. The van der Waals surface area contributed by atoms with Crippen molar-refractivity contribution in [3.05, 3.63) is 0 Å². The van der Waals surface area contributed by atoms with Crippen molar-refractivity contribution in [2.45, 2.75) is 12.8 Å². The van der Waals surface area contributed by atoms with Crippen LogP contribution in [0.15, 0.2) is 0 Å². The molecular formula is C9H18N2O3S. The van der Waals surface area contributed by atoms with Crippen LogP contribution in [0, 0.1) is 5.92 Å². The van der Waals surface area contributed by atoms with Crippen molar-refractivity contribution in [2.75, 3.05) is 31.6 Å². The Kier molecular flexibility index (Phi) is 4.10. The molecule has 0 aromatic carbocycles. The highest BCUT2D eigenvalue weighted by Gasteiger charge is 2.27. The minimum Gasteiger partial charge on any atom is -0.342 e. The molecule has 1 saturated heterocycles. The van der Waals surface area contributed by atoms with Crippen LogP contribution in [0.4, 0.5) is 0 Å². The van der Waals surface area contributed by atoms with E-state index in [9.17, 15) is 13.2 Å². The highest BCUT2D eigenvalue weighted by atomic mass is 32.2. The van der Waals surface area contributed by atoms with Gasteiger partial charge in [-0.05, 0) is 25.3 Å². The summed E-state index contributed by atoms with van der Waals surface area (Å²) in [6.45, 7) is 1.95. The Hall–Kier alpha value is -0.620. The van der Waals surface area contributed by atoms with Gasteiger partial charge in [0.25, 0.3) is 0 Å². The second-order valence-corrected chi connectivity index (χ2v) is 6.28. The molecule has 6 heteroatoms. The zero-order valence-corrected chi connectivity index (χ0v) is 9.79. The van der Waals surface area contributed by atoms with Crippen molar-refractivity contribution in [1.29, 1.82) is 0 Å². The number of nitrogens with zero attached hydrogens (tertiary/aromatic N) is 1. The van der Waals surface area contributed by atoms with Crippen molar-refractivity contribution >= 4 is 15.7 Å². The van der Waals surface area contributed by atoms with E-state index < -0.39 is 9.84 Å². The van der Waals surface area contributed by atoms with E-state index in [1.54, 1.807) is 4.90 Å². The highest BCUT2D eigenvalue weighted by molar-refractivity contribution is 7.91. The van der Waals surface area contributed by atoms with Gasteiger partial charge in [-0.2, -0.15) is 0 Å². The van der Waals surface area contributed by atoms with Gasteiger partial charge < -0.3 is 10.6 Å². The van der Waals surface area contributed by atoms with E-state index in [0.717, 1.165) is 19.1 Å². The summed E-state index contributed by atoms with van der Waals surface area (Å²) in [4.78, 5) is 13.2. The molecule has 0 radical (unpaired) electrons. The summed E-state index contributed by atoms with van der Waals surface area (Å²) >= 11 is 0. The third kappa shape index (κ3) is 4.17. The first-order valence-corrected chi connectivity index (χ1v) is 7.14. The third-order valence-electron chi connectivity index (χ3n) is 2.60. The average Bonchev–Trinajstić information content (AvgIpc) is 2.50. The zero-order chi connectivity index (χ0) is 11.5. The quantitative estimate of drug-likeness (QED) is 0.692. The average molecular weight is 234 g/mol. The topological polar surface area (TPSA) is 80.5 Å². The van der Waals surface area contributed by atoms with E-state index in [2.05, 4.69) is 0 Å². The fourth-order valence-electron chi connectivity index (χ4n) is 1.85. The molecular weight excluding hydrogens is 216 g/mol. The normalized spacial score (nSPS) is 22.0. The Bertz CT molecular complexity index is 326. The maximum absolute atomic E-state index is 11.5. The summed E-state index contributed by atoms with van der Waals surface area (Å²) < 4.78 is 21.9. The van der Waals surface area contributed by atoms with Gasteiger partial charge in [0.1, 0.15) is 5.75 Å². The van der Waals surface area contributed by atoms with Crippen molar-refractivity contribution in [3.63, 3.8) is 0 Å². The van der Waals surface area contributed by atoms with Crippen molar-refractivity contribution < 1.29 is 13.2 Å². The lowest BCUT2D eigenvalue weighted by atomic mass is 10.1. The first kappa shape index (κ1) is 12.4. The molecule has 88 valence electrons. The van der Waals surface area contributed by atoms with Crippen LogP contribution in [-0.2, 0) is 14.6 Å². The van der Waals surface area contributed by atoms with Crippen LogP contribution in [-0.4, -0.2) is 50.9 Å². The first-order chi connectivity index (χ1) is 6.92. The number of carbonyl (C=O) groups excluding carboxylic acids is 1. The van der Waals surface area contributed by atoms with E-state index in [-0.39, 0.29) is 11.7 Å². The largest absolute Gasteiger partial charge is 0.342 e. The lowest BCUT2D eigenvalue weighted by molar-refractivity contribution is -0.127. The lowest BCUT2D eigenvalue weighted by Crippen LogP contribution is -2.33. The molecule has 5 nitrogen and oxygen atoms in total. The smallest absolute Gasteiger partial charge is 0.237 e. The van der Waals surface area contributed by atoms with E-state index in [1.807, 2.05) is 0 Å². The predicted octanol–water partition coefficient (Wildman–Crippen LogP) is -0.772. The Morgan fingerprint density at radius 1 is 1.53 bits per heavy atom. The molecule has 0 spiro atoms. The van der Waals surface area contributed by atoms with Gasteiger partial charge in [-0.1, -0.05) is 0 Å². The maximum Gasteiger partial charge on any atom is 0.237 e. The first-order valence-electron chi connectivity index (χ1n) is 5.08. The molecule has 1 rings (SSSR count). The van der Waals surface area contributed by atoms with Gasteiger partial charge >= 0.3 is 0 Å². The number of sulfone groups is 1. The van der Waals surface area contributed by atoms with Crippen LogP contribution >= 0.6 is 0 Å². The molecule has 15 heavy (non-hydrogen) atoms. The van der Waals surface area contributed by atoms with Gasteiger partial charge in [-0.3, -0.25) is 4.79 Å². The Balaban J connectivity index is 2.43. The second kappa shape index (κ2) is 4.94. The highest BCUT2D eigenvalue weighted by Crippen LogP contribution is 2.18. The van der Waals surface area contributed by atoms with Gasteiger partial charge in [0.15, 0.2) is 9.84 Å². The molecule has 0 aromatic heterocycles. The summed E-state index contributed by atoms with van der Waals surface area (Å²) in [5.74, 6) is -0.210. The van der Waals surface area contributed by atoms with Gasteiger partial charge in [0.2, 0.25) is 5.91 Å². The summed E-state index contributed by atoms with van der Waals surface area (Å²) in [6.07, 6.45) is 2.92. The Labute approximate surface area is 90.5 Å².